The molecule has 132 valence electrons. The zero-order valence-corrected chi connectivity index (χ0v) is 14.8. The first kappa shape index (κ1) is 16.3. The average molecular weight is 330 g/mol. The molecule has 5 heteroatoms. The fourth-order valence-corrected chi connectivity index (χ4v) is 4.65. The summed E-state index contributed by atoms with van der Waals surface area (Å²) in [6.07, 6.45) is 6.68. The van der Waals surface area contributed by atoms with E-state index in [0.717, 1.165) is 45.9 Å². The number of nitrogens with zero attached hydrogens (tertiary/aromatic N) is 3. The fourth-order valence-electron chi connectivity index (χ4n) is 4.65. The van der Waals surface area contributed by atoms with Gasteiger partial charge in [-0.25, -0.2) is 4.98 Å². The van der Waals surface area contributed by atoms with Gasteiger partial charge in [-0.15, -0.1) is 0 Å². The van der Waals surface area contributed by atoms with E-state index in [2.05, 4.69) is 33.1 Å². The minimum atomic E-state index is 0.156. The van der Waals surface area contributed by atoms with Crippen LogP contribution in [0.3, 0.4) is 0 Å². The van der Waals surface area contributed by atoms with Crippen LogP contribution in [0.5, 0.6) is 0 Å². The number of piperazine rings is 1. The Hall–Kier alpha value is -1.17. The fraction of sp³-hybridized carbons (Fsp3) is 0.737. The Bertz CT molecular complexity index is 545. The second kappa shape index (κ2) is 6.98. The summed E-state index contributed by atoms with van der Waals surface area (Å²) >= 11 is 0. The third-order valence-corrected chi connectivity index (χ3v) is 6.09. The summed E-state index contributed by atoms with van der Waals surface area (Å²) in [5.74, 6) is 1.17. The molecule has 1 unspecified atom stereocenters. The Labute approximate surface area is 145 Å². The van der Waals surface area contributed by atoms with E-state index in [-0.39, 0.29) is 5.60 Å². The van der Waals surface area contributed by atoms with Crippen molar-refractivity contribution in [1.82, 2.24) is 15.2 Å². The SMILES string of the molecule is Cc1cccnc1N1CCN(C2CCOC3(CCNCC3)C2)CC1. The molecule has 3 saturated heterocycles. The lowest BCUT2D eigenvalue weighted by Gasteiger charge is -2.48. The van der Waals surface area contributed by atoms with Gasteiger partial charge in [-0.05, 0) is 57.3 Å². The minimum absolute atomic E-state index is 0.156. The van der Waals surface area contributed by atoms with Gasteiger partial charge in [-0.3, -0.25) is 4.90 Å². The molecule has 4 heterocycles. The number of hydrogen-bond acceptors (Lipinski definition) is 5. The molecule has 1 atom stereocenters. The molecule has 0 aromatic carbocycles. The largest absolute Gasteiger partial charge is 0.375 e. The lowest BCUT2D eigenvalue weighted by Crippen LogP contribution is -2.57. The van der Waals surface area contributed by atoms with Gasteiger partial charge in [0, 0.05) is 45.0 Å². The summed E-state index contributed by atoms with van der Waals surface area (Å²) in [5, 5.41) is 3.47. The maximum absolute atomic E-state index is 6.25. The number of piperidine rings is 1. The zero-order valence-electron chi connectivity index (χ0n) is 14.8. The van der Waals surface area contributed by atoms with E-state index in [0.29, 0.717) is 6.04 Å². The number of hydrogen-bond donors (Lipinski definition) is 1. The van der Waals surface area contributed by atoms with Crippen LogP contribution in [0.4, 0.5) is 5.82 Å². The monoisotopic (exact) mass is 330 g/mol. The van der Waals surface area contributed by atoms with E-state index in [1.165, 1.54) is 37.1 Å². The number of anilines is 1. The highest BCUT2D eigenvalue weighted by atomic mass is 16.5. The molecule has 0 radical (unpaired) electrons. The zero-order chi connectivity index (χ0) is 16.4. The summed E-state index contributed by atoms with van der Waals surface area (Å²) in [6, 6.07) is 4.88. The van der Waals surface area contributed by atoms with Crippen molar-refractivity contribution in [3.8, 4) is 0 Å². The number of rotatable bonds is 2. The smallest absolute Gasteiger partial charge is 0.131 e. The first-order valence-electron chi connectivity index (χ1n) is 9.51. The Morgan fingerprint density at radius 1 is 1.21 bits per heavy atom. The van der Waals surface area contributed by atoms with Crippen molar-refractivity contribution < 1.29 is 4.74 Å². The van der Waals surface area contributed by atoms with Gasteiger partial charge < -0.3 is 15.0 Å². The third kappa shape index (κ3) is 3.30. The van der Waals surface area contributed by atoms with Crippen LogP contribution < -0.4 is 10.2 Å². The molecule has 0 saturated carbocycles. The lowest BCUT2D eigenvalue weighted by atomic mass is 9.82. The molecule has 1 aromatic rings. The summed E-state index contributed by atoms with van der Waals surface area (Å²) in [4.78, 5) is 9.75. The summed E-state index contributed by atoms with van der Waals surface area (Å²) in [5.41, 5.74) is 1.44. The topological polar surface area (TPSA) is 40.6 Å². The number of aryl methyl sites for hydroxylation is 1. The van der Waals surface area contributed by atoms with Crippen molar-refractivity contribution in [3.63, 3.8) is 0 Å². The highest BCUT2D eigenvalue weighted by molar-refractivity contribution is 5.46. The molecule has 1 N–H and O–H groups in total. The predicted molar refractivity (Wildman–Crippen MR) is 96.6 cm³/mol. The maximum atomic E-state index is 6.25. The molecule has 24 heavy (non-hydrogen) atoms. The van der Waals surface area contributed by atoms with E-state index in [9.17, 15) is 0 Å². The quantitative estimate of drug-likeness (QED) is 0.896. The highest BCUT2D eigenvalue weighted by Crippen LogP contribution is 2.35. The van der Waals surface area contributed by atoms with Crippen molar-refractivity contribution in [2.45, 2.75) is 44.2 Å². The van der Waals surface area contributed by atoms with Crippen LogP contribution in [0.25, 0.3) is 0 Å². The van der Waals surface area contributed by atoms with Gasteiger partial charge in [0.05, 0.1) is 5.60 Å². The van der Waals surface area contributed by atoms with Gasteiger partial charge in [-0.1, -0.05) is 6.07 Å². The number of aromatic nitrogens is 1. The van der Waals surface area contributed by atoms with Crippen molar-refractivity contribution in [3.05, 3.63) is 23.9 Å². The molecule has 3 aliphatic heterocycles. The number of ether oxygens (including phenoxy) is 1. The van der Waals surface area contributed by atoms with E-state index >= 15 is 0 Å². The lowest BCUT2D eigenvalue weighted by molar-refractivity contribution is -0.121. The van der Waals surface area contributed by atoms with Crippen molar-refractivity contribution in [1.29, 1.82) is 0 Å². The van der Waals surface area contributed by atoms with Gasteiger partial charge >= 0.3 is 0 Å². The Morgan fingerprint density at radius 2 is 2.00 bits per heavy atom. The van der Waals surface area contributed by atoms with Crippen molar-refractivity contribution in [2.24, 2.45) is 0 Å². The predicted octanol–water partition coefficient (Wildman–Crippen LogP) is 1.81. The van der Waals surface area contributed by atoms with E-state index in [1.54, 1.807) is 0 Å². The highest BCUT2D eigenvalue weighted by Gasteiger charge is 2.40. The van der Waals surface area contributed by atoms with Crippen LogP contribution in [-0.2, 0) is 4.74 Å². The third-order valence-electron chi connectivity index (χ3n) is 6.09. The standard InChI is InChI=1S/C19H30N4O/c1-16-3-2-7-21-18(16)23-12-10-22(11-13-23)17-4-14-24-19(15-17)5-8-20-9-6-19/h2-3,7,17,20H,4-6,8-15H2,1H3. The summed E-state index contributed by atoms with van der Waals surface area (Å²) < 4.78 is 6.25. The number of pyridine rings is 1. The number of nitrogens with one attached hydrogen (secondary N) is 1. The molecule has 3 fully saturated rings. The Balaban J connectivity index is 1.36. The molecule has 3 aliphatic rings. The van der Waals surface area contributed by atoms with Crippen molar-refractivity contribution >= 4 is 5.82 Å². The van der Waals surface area contributed by atoms with Gasteiger partial charge in [0.25, 0.3) is 0 Å². The molecule has 0 aliphatic carbocycles. The Morgan fingerprint density at radius 3 is 2.75 bits per heavy atom. The van der Waals surface area contributed by atoms with Crippen LogP contribution in [0.2, 0.25) is 0 Å². The second-order valence-corrected chi connectivity index (χ2v) is 7.60. The second-order valence-electron chi connectivity index (χ2n) is 7.60. The van der Waals surface area contributed by atoms with Gasteiger partial charge in [0.1, 0.15) is 5.82 Å². The molecule has 5 nitrogen and oxygen atoms in total. The Kier molecular flexibility index (Phi) is 4.74. The minimum Gasteiger partial charge on any atom is -0.375 e. The summed E-state index contributed by atoms with van der Waals surface area (Å²) in [7, 11) is 0. The van der Waals surface area contributed by atoms with E-state index in [1.807, 2.05) is 12.3 Å². The molecule has 0 amide bonds. The van der Waals surface area contributed by atoms with Gasteiger partial charge in [0.2, 0.25) is 0 Å². The average Bonchev–Trinajstić information content (AvgIpc) is 2.63. The van der Waals surface area contributed by atoms with Gasteiger partial charge in [0.15, 0.2) is 0 Å². The van der Waals surface area contributed by atoms with E-state index < -0.39 is 0 Å². The molecule has 0 bridgehead atoms. The normalized spacial score (nSPS) is 28.2. The molecular formula is C19H30N4O. The van der Waals surface area contributed by atoms with Crippen LogP contribution in [0.1, 0.15) is 31.2 Å². The van der Waals surface area contributed by atoms with Crippen LogP contribution in [0.15, 0.2) is 18.3 Å². The molecule has 1 spiro atoms. The molecule has 4 rings (SSSR count). The maximum Gasteiger partial charge on any atom is 0.131 e. The first-order chi connectivity index (χ1) is 11.8. The van der Waals surface area contributed by atoms with Crippen LogP contribution >= 0.6 is 0 Å². The van der Waals surface area contributed by atoms with Crippen LogP contribution in [-0.4, -0.2) is 67.4 Å². The summed E-state index contributed by atoms with van der Waals surface area (Å²) in [6.45, 7) is 9.79. The van der Waals surface area contributed by atoms with Gasteiger partial charge in [-0.2, -0.15) is 0 Å². The first-order valence-corrected chi connectivity index (χ1v) is 9.51. The molecular weight excluding hydrogens is 300 g/mol. The van der Waals surface area contributed by atoms with Crippen LogP contribution in [0, 0.1) is 6.92 Å². The molecule has 1 aromatic heterocycles. The van der Waals surface area contributed by atoms with Crippen molar-refractivity contribution in [2.75, 3.05) is 50.8 Å². The van der Waals surface area contributed by atoms with E-state index in [4.69, 9.17) is 4.74 Å².